The Morgan fingerprint density at radius 1 is 1.21 bits per heavy atom. The van der Waals surface area contributed by atoms with Gasteiger partial charge < -0.3 is 11.1 Å². The maximum absolute atomic E-state index is 14.0. The second-order valence-corrected chi connectivity index (χ2v) is 4.20. The van der Waals surface area contributed by atoms with Crippen LogP contribution in [0.25, 0.3) is 0 Å². The highest BCUT2D eigenvalue weighted by atomic mass is 19.1. The van der Waals surface area contributed by atoms with Gasteiger partial charge in [0.1, 0.15) is 6.33 Å². The number of nitrogens with one attached hydrogen (secondary N) is 1. The van der Waals surface area contributed by atoms with Crippen LogP contribution in [0.5, 0.6) is 0 Å². The topological polar surface area (TPSA) is 63.8 Å². The van der Waals surface area contributed by atoms with E-state index >= 15 is 0 Å². The zero-order chi connectivity index (χ0) is 13.7. The van der Waals surface area contributed by atoms with Crippen molar-refractivity contribution in [2.45, 2.75) is 19.8 Å². The van der Waals surface area contributed by atoms with Gasteiger partial charge in [-0.1, -0.05) is 19.1 Å². The first-order chi connectivity index (χ1) is 9.24. The molecule has 0 saturated heterocycles. The molecule has 1 aromatic heterocycles. The number of aromatic nitrogens is 2. The van der Waals surface area contributed by atoms with Crippen molar-refractivity contribution in [1.82, 2.24) is 9.97 Å². The van der Waals surface area contributed by atoms with Gasteiger partial charge in [-0.3, -0.25) is 0 Å². The summed E-state index contributed by atoms with van der Waals surface area (Å²) in [7, 11) is 0. The molecule has 0 aliphatic heterocycles. The molecule has 0 atom stereocenters. The Balaban J connectivity index is 2.16. The molecule has 0 unspecified atom stereocenters. The zero-order valence-corrected chi connectivity index (χ0v) is 10.9. The van der Waals surface area contributed by atoms with E-state index in [1.54, 1.807) is 0 Å². The fourth-order valence-corrected chi connectivity index (χ4v) is 1.80. The van der Waals surface area contributed by atoms with Crippen LogP contribution in [0.2, 0.25) is 0 Å². The minimum Gasteiger partial charge on any atom is -0.338 e. The van der Waals surface area contributed by atoms with Gasteiger partial charge in [-0.15, -0.1) is 0 Å². The Labute approximate surface area is 111 Å². The summed E-state index contributed by atoms with van der Waals surface area (Å²) in [6.07, 6.45) is 2.74. The first kappa shape index (κ1) is 13.4. The van der Waals surface area contributed by atoms with E-state index in [2.05, 4.69) is 15.3 Å². The maximum atomic E-state index is 14.0. The van der Waals surface area contributed by atoms with Crippen molar-refractivity contribution >= 4 is 11.5 Å². The Bertz CT molecular complexity index is 540. The monoisotopic (exact) mass is 260 g/mol. The van der Waals surface area contributed by atoms with Crippen LogP contribution in [0.1, 0.15) is 18.2 Å². The molecule has 0 amide bonds. The van der Waals surface area contributed by atoms with E-state index in [0.29, 0.717) is 18.7 Å². The molecule has 1 heterocycles. The number of anilines is 2. The Hall–Kier alpha value is -2.01. The fraction of sp³-hybridized carbons (Fsp3) is 0.286. The minimum absolute atomic E-state index is 0.207. The summed E-state index contributed by atoms with van der Waals surface area (Å²) in [5.41, 5.74) is 7.86. The maximum Gasteiger partial charge on any atom is 0.187 e. The number of hydrogen-bond acceptors (Lipinski definition) is 4. The van der Waals surface area contributed by atoms with Crippen LogP contribution in [0.4, 0.5) is 15.9 Å². The summed E-state index contributed by atoms with van der Waals surface area (Å²) in [6, 6.07) is 7.71. The van der Waals surface area contributed by atoms with Crippen LogP contribution >= 0.6 is 0 Å². The lowest BCUT2D eigenvalue weighted by Gasteiger charge is -2.08. The van der Waals surface area contributed by atoms with Crippen LogP contribution in [-0.2, 0) is 12.8 Å². The molecule has 0 aliphatic carbocycles. The van der Waals surface area contributed by atoms with Crippen molar-refractivity contribution in [1.29, 1.82) is 0 Å². The van der Waals surface area contributed by atoms with Crippen molar-refractivity contribution < 1.29 is 4.39 Å². The summed E-state index contributed by atoms with van der Waals surface area (Å²) in [6.45, 7) is 2.48. The second kappa shape index (κ2) is 6.24. The van der Waals surface area contributed by atoms with Gasteiger partial charge in [0.05, 0.1) is 5.69 Å². The van der Waals surface area contributed by atoms with E-state index in [1.807, 2.05) is 31.2 Å². The van der Waals surface area contributed by atoms with Crippen molar-refractivity contribution in [3.8, 4) is 0 Å². The third kappa shape index (κ3) is 3.26. The Morgan fingerprint density at radius 3 is 2.58 bits per heavy atom. The summed E-state index contributed by atoms with van der Waals surface area (Å²) in [5, 5.41) is 2.96. The predicted octanol–water partition coefficient (Wildman–Crippen LogP) is 2.42. The summed E-state index contributed by atoms with van der Waals surface area (Å²) in [5.74, 6) is -0.186. The number of nitrogens with two attached hydrogens (primary N) is 1. The molecule has 0 aliphatic rings. The quantitative estimate of drug-likeness (QED) is 0.866. The Kier molecular flexibility index (Phi) is 4.41. The summed E-state index contributed by atoms with van der Waals surface area (Å²) < 4.78 is 14.0. The standard InChI is InChI=1S/C14H17FN4/c1-2-12-13(15)14(18-9-17-12)19-11-5-3-10(4-6-11)7-8-16/h3-6,9H,2,7-8,16H2,1H3,(H,17,18,19). The van der Waals surface area contributed by atoms with Gasteiger partial charge in [-0.05, 0) is 37.1 Å². The third-order valence-electron chi connectivity index (χ3n) is 2.85. The molecule has 0 bridgehead atoms. The molecule has 0 spiro atoms. The first-order valence-electron chi connectivity index (χ1n) is 6.30. The average molecular weight is 260 g/mol. The molecule has 4 nitrogen and oxygen atoms in total. The summed E-state index contributed by atoms with van der Waals surface area (Å²) in [4.78, 5) is 7.82. The molecule has 5 heteroatoms. The van der Waals surface area contributed by atoms with Gasteiger partial charge in [-0.2, -0.15) is 0 Å². The molecule has 100 valence electrons. The lowest BCUT2D eigenvalue weighted by atomic mass is 10.1. The van der Waals surface area contributed by atoms with Crippen LogP contribution in [0.3, 0.4) is 0 Å². The van der Waals surface area contributed by atoms with E-state index in [9.17, 15) is 4.39 Å². The highest BCUT2D eigenvalue weighted by Gasteiger charge is 2.09. The molecular weight excluding hydrogens is 243 g/mol. The zero-order valence-electron chi connectivity index (χ0n) is 10.9. The van der Waals surface area contributed by atoms with E-state index in [-0.39, 0.29) is 5.82 Å². The van der Waals surface area contributed by atoms with E-state index in [1.165, 1.54) is 6.33 Å². The molecule has 2 aromatic rings. The number of aryl methyl sites for hydroxylation is 1. The van der Waals surface area contributed by atoms with E-state index in [4.69, 9.17) is 5.73 Å². The third-order valence-corrected chi connectivity index (χ3v) is 2.85. The lowest BCUT2D eigenvalue weighted by Crippen LogP contribution is -2.04. The number of hydrogen-bond donors (Lipinski definition) is 2. The molecule has 0 radical (unpaired) electrons. The minimum atomic E-state index is -0.393. The molecule has 2 rings (SSSR count). The average Bonchev–Trinajstić information content (AvgIpc) is 2.43. The van der Waals surface area contributed by atoms with Crippen molar-refractivity contribution in [2.24, 2.45) is 5.73 Å². The molecule has 0 fully saturated rings. The van der Waals surface area contributed by atoms with E-state index < -0.39 is 5.82 Å². The molecule has 0 saturated carbocycles. The number of benzene rings is 1. The summed E-state index contributed by atoms with van der Waals surface area (Å²) >= 11 is 0. The molecular formula is C14H17FN4. The highest BCUT2D eigenvalue weighted by molar-refractivity contribution is 5.57. The van der Waals surface area contributed by atoms with Gasteiger partial charge >= 0.3 is 0 Å². The smallest absolute Gasteiger partial charge is 0.187 e. The Morgan fingerprint density at radius 2 is 1.95 bits per heavy atom. The highest BCUT2D eigenvalue weighted by Crippen LogP contribution is 2.19. The van der Waals surface area contributed by atoms with Crippen molar-refractivity contribution in [3.05, 3.63) is 47.7 Å². The molecule has 3 N–H and O–H groups in total. The normalized spacial score (nSPS) is 10.5. The van der Waals surface area contributed by atoms with Crippen LogP contribution < -0.4 is 11.1 Å². The van der Waals surface area contributed by atoms with Gasteiger partial charge in [0.2, 0.25) is 0 Å². The van der Waals surface area contributed by atoms with Crippen LogP contribution in [0.15, 0.2) is 30.6 Å². The van der Waals surface area contributed by atoms with E-state index in [0.717, 1.165) is 17.7 Å². The van der Waals surface area contributed by atoms with Crippen molar-refractivity contribution in [3.63, 3.8) is 0 Å². The van der Waals surface area contributed by atoms with Crippen molar-refractivity contribution in [2.75, 3.05) is 11.9 Å². The van der Waals surface area contributed by atoms with Gasteiger partial charge in [0.25, 0.3) is 0 Å². The predicted molar refractivity (Wildman–Crippen MR) is 73.9 cm³/mol. The van der Waals surface area contributed by atoms with Crippen LogP contribution in [-0.4, -0.2) is 16.5 Å². The lowest BCUT2D eigenvalue weighted by molar-refractivity contribution is 0.599. The van der Waals surface area contributed by atoms with Gasteiger partial charge in [-0.25, -0.2) is 14.4 Å². The van der Waals surface area contributed by atoms with Gasteiger partial charge in [0.15, 0.2) is 11.6 Å². The fourth-order valence-electron chi connectivity index (χ4n) is 1.80. The molecule has 19 heavy (non-hydrogen) atoms. The van der Waals surface area contributed by atoms with Gasteiger partial charge in [0, 0.05) is 5.69 Å². The second-order valence-electron chi connectivity index (χ2n) is 4.20. The SMILES string of the molecule is CCc1ncnc(Nc2ccc(CCN)cc2)c1F. The number of rotatable bonds is 5. The first-order valence-corrected chi connectivity index (χ1v) is 6.30. The number of halogens is 1. The largest absolute Gasteiger partial charge is 0.338 e. The number of nitrogens with zero attached hydrogens (tertiary/aromatic N) is 2. The molecule has 1 aromatic carbocycles. The van der Waals surface area contributed by atoms with Crippen LogP contribution in [0, 0.1) is 5.82 Å².